The molecular formula is C13H16FNS. The Morgan fingerprint density at radius 1 is 1.25 bits per heavy atom. The van der Waals surface area contributed by atoms with Crippen LogP contribution >= 0.6 is 11.8 Å². The Balaban J connectivity index is 1.90. The minimum Gasteiger partial charge on any atom is -0.307 e. The van der Waals surface area contributed by atoms with E-state index in [1.807, 2.05) is 17.8 Å². The van der Waals surface area contributed by atoms with Crippen LogP contribution in [0.1, 0.15) is 37.3 Å². The summed E-state index contributed by atoms with van der Waals surface area (Å²) >= 11 is 1.86. The normalized spacial score (nSPS) is 24.9. The monoisotopic (exact) mass is 237 g/mol. The van der Waals surface area contributed by atoms with E-state index in [1.165, 1.54) is 29.7 Å². The number of thioether (sulfide) groups is 1. The molecule has 1 N–H and O–H groups in total. The van der Waals surface area contributed by atoms with E-state index < -0.39 is 0 Å². The topological polar surface area (TPSA) is 12.0 Å². The van der Waals surface area contributed by atoms with Gasteiger partial charge in [0.2, 0.25) is 0 Å². The predicted octanol–water partition coefficient (Wildman–Crippen LogP) is 3.50. The third-order valence-electron chi connectivity index (χ3n) is 3.26. The van der Waals surface area contributed by atoms with Crippen LogP contribution in [0.15, 0.2) is 23.1 Å². The van der Waals surface area contributed by atoms with Crippen LogP contribution in [-0.2, 0) is 0 Å². The quantitative estimate of drug-likeness (QED) is 0.845. The van der Waals surface area contributed by atoms with Gasteiger partial charge in [0.25, 0.3) is 0 Å². The van der Waals surface area contributed by atoms with Gasteiger partial charge in [0.05, 0.1) is 0 Å². The van der Waals surface area contributed by atoms with Gasteiger partial charge < -0.3 is 5.32 Å². The van der Waals surface area contributed by atoms with Crippen molar-refractivity contribution in [1.82, 2.24) is 5.32 Å². The third kappa shape index (κ3) is 2.25. The summed E-state index contributed by atoms with van der Waals surface area (Å²) in [6, 6.07) is 6.28. The van der Waals surface area contributed by atoms with Crippen molar-refractivity contribution in [2.45, 2.75) is 42.7 Å². The zero-order valence-electron chi connectivity index (χ0n) is 9.21. The SMILES string of the molecule is Fc1ccc2c(c1)C(NC1CC1)CCCS2. The lowest BCUT2D eigenvalue weighted by Crippen LogP contribution is -2.23. The van der Waals surface area contributed by atoms with Crippen molar-refractivity contribution < 1.29 is 4.39 Å². The summed E-state index contributed by atoms with van der Waals surface area (Å²) < 4.78 is 13.3. The van der Waals surface area contributed by atoms with Crippen molar-refractivity contribution in [1.29, 1.82) is 0 Å². The van der Waals surface area contributed by atoms with Gasteiger partial charge in [0, 0.05) is 17.0 Å². The minimum atomic E-state index is -0.108. The molecule has 1 atom stereocenters. The molecule has 86 valence electrons. The molecule has 3 rings (SSSR count). The Hall–Kier alpha value is -0.540. The fraction of sp³-hybridized carbons (Fsp3) is 0.538. The number of benzene rings is 1. The molecule has 3 heteroatoms. The first-order valence-electron chi connectivity index (χ1n) is 6.01. The van der Waals surface area contributed by atoms with E-state index in [0.717, 1.165) is 12.2 Å². The van der Waals surface area contributed by atoms with Crippen molar-refractivity contribution >= 4 is 11.8 Å². The maximum absolute atomic E-state index is 13.3. The summed E-state index contributed by atoms with van der Waals surface area (Å²) in [5.41, 5.74) is 1.18. The molecule has 0 bridgehead atoms. The molecule has 16 heavy (non-hydrogen) atoms. The summed E-state index contributed by atoms with van der Waals surface area (Å²) in [5.74, 6) is 1.05. The first-order chi connectivity index (χ1) is 7.83. The Kier molecular flexibility index (Phi) is 2.90. The number of fused-ring (bicyclic) bond motifs is 1. The van der Waals surface area contributed by atoms with Gasteiger partial charge in [-0.1, -0.05) is 0 Å². The van der Waals surface area contributed by atoms with Gasteiger partial charge in [0.15, 0.2) is 0 Å². The van der Waals surface area contributed by atoms with Gasteiger partial charge >= 0.3 is 0 Å². The van der Waals surface area contributed by atoms with Crippen LogP contribution in [0.25, 0.3) is 0 Å². The van der Waals surface area contributed by atoms with Crippen LogP contribution in [0.2, 0.25) is 0 Å². The number of rotatable bonds is 2. The van der Waals surface area contributed by atoms with Crippen molar-refractivity contribution in [3.63, 3.8) is 0 Å². The maximum Gasteiger partial charge on any atom is 0.123 e. The lowest BCUT2D eigenvalue weighted by molar-refractivity contribution is 0.486. The third-order valence-corrected chi connectivity index (χ3v) is 4.43. The van der Waals surface area contributed by atoms with Crippen LogP contribution in [-0.4, -0.2) is 11.8 Å². The molecule has 1 aliphatic heterocycles. The van der Waals surface area contributed by atoms with Crippen LogP contribution in [0.4, 0.5) is 4.39 Å². The Bertz CT molecular complexity index is 390. The summed E-state index contributed by atoms with van der Waals surface area (Å²) in [7, 11) is 0. The molecule has 0 radical (unpaired) electrons. The fourth-order valence-electron chi connectivity index (χ4n) is 2.26. The molecule has 1 fully saturated rings. The predicted molar refractivity (Wildman–Crippen MR) is 65.3 cm³/mol. The molecule has 2 aliphatic rings. The van der Waals surface area contributed by atoms with Crippen LogP contribution < -0.4 is 5.32 Å². The fourth-order valence-corrected chi connectivity index (χ4v) is 3.32. The molecule has 1 aliphatic carbocycles. The molecular weight excluding hydrogens is 221 g/mol. The largest absolute Gasteiger partial charge is 0.307 e. The highest BCUT2D eigenvalue weighted by atomic mass is 32.2. The highest BCUT2D eigenvalue weighted by molar-refractivity contribution is 7.99. The van der Waals surface area contributed by atoms with Crippen LogP contribution in [0.3, 0.4) is 0 Å². The van der Waals surface area contributed by atoms with Crippen LogP contribution in [0.5, 0.6) is 0 Å². The Morgan fingerprint density at radius 3 is 2.94 bits per heavy atom. The molecule has 1 aromatic rings. The van der Waals surface area contributed by atoms with E-state index in [4.69, 9.17) is 0 Å². The van der Waals surface area contributed by atoms with Gasteiger partial charge in [-0.3, -0.25) is 0 Å². The second kappa shape index (κ2) is 4.38. The van der Waals surface area contributed by atoms with Crippen molar-refractivity contribution in [3.8, 4) is 0 Å². The van der Waals surface area contributed by atoms with Gasteiger partial charge in [-0.05, 0) is 55.2 Å². The van der Waals surface area contributed by atoms with Gasteiger partial charge in [0.1, 0.15) is 5.82 Å². The number of hydrogen-bond donors (Lipinski definition) is 1. The summed E-state index contributed by atoms with van der Waals surface area (Å²) in [6.07, 6.45) is 4.92. The standard InChI is InChI=1S/C13H16FNS/c14-9-3-6-13-11(8-9)12(2-1-7-16-13)15-10-4-5-10/h3,6,8,10,12,15H,1-2,4-5,7H2. The van der Waals surface area contributed by atoms with E-state index in [9.17, 15) is 4.39 Å². The van der Waals surface area contributed by atoms with Gasteiger partial charge in [-0.25, -0.2) is 4.39 Å². The zero-order valence-corrected chi connectivity index (χ0v) is 10.0. The molecule has 0 spiro atoms. The van der Waals surface area contributed by atoms with Gasteiger partial charge in [-0.15, -0.1) is 11.8 Å². The van der Waals surface area contributed by atoms with E-state index in [2.05, 4.69) is 5.32 Å². The molecule has 1 saturated carbocycles. The summed E-state index contributed by atoms with van der Waals surface area (Å²) in [4.78, 5) is 1.26. The summed E-state index contributed by atoms with van der Waals surface area (Å²) in [6.45, 7) is 0. The Labute approximate surface area is 99.8 Å². The second-order valence-corrected chi connectivity index (χ2v) is 5.80. The first kappa shape index (κ1) is 10.6. The molecule has 0 amide bonds. The smallest absolute Gasteiger partial charge is 0.123 e. The molecule has 0 aromatic heterocycles. The van der Waals surface area contributed by atoms with E-state index in [0.29, 0.717) is 12.1 Å². The van der Waals surface area contributed by atoms with Gasteiger partial charge in [-0.2, -0.15) is 0 Å². The molecule has 1 aromatic carbocycles. The molecule has 0 saturated heterocycles. The second-order valence-electron chi connectivity index (χ2n) is 4.67. The average molecular weight is 237 g/mol. The van der Waals surface area contributed by atoms with E-state index in [1.54, 1.807) is 12.1 Å². The van der Waals surface area contributed by atoms with Crippen LogP contribution in [0, 0.1) is 5.82 Å². The molecule has 1 nitrogen and oxygen atoms in total. The first-order valence-corrected chi connectivity index (χ1v) is 7.00. The highest BCUT2D eigenvalue weighted by Crippen LogP contribution is 2.37. The zero-order chi connectivity index (χ0) is 11.0. The average Bonchev–Trinajstić information content (AvgIpc) is 3.08. The number of hydrogen-bond acceptors (Lipinski definition) is 2. The lowest BCUT2D eigenvalue weighted by Gasteiger charge is -2.18. The highest BCUT2D eigenvalue weighted by Gasteiger charge is 2.27. The Morgan fingerprint density at radius 2 is 2.12 bits per heavy atom. The van der Waals surface area contributed by atoms with E-state index in [-0.39, 0.29) is 5.82 Å². The summed E-state index contributed by atoms with van der Waals surface area (Å²) in [5, 5.41) is 3.64. The minimum absolute atomic E-state index is 0.108. The number of halogens is 1. The van der Waals surface area contributed by atoms with Crippen molar-refractivity contribution in [2.75, 3.05) is 5.75 Å². The lowest BCUT2D eigenvalue weighted by atomic mass is 10.0. The maximum atomic E-state index is 13.3. The number of nitrogens with one attached hydrogen (secondary N) is 1. The van der Waals surface area contributed by atoms with Crippen molar-refractivity contribution in [3.05, 3.63) is 29.6 Å². The van der Waals surface area contributed by atoms with Crippen molar-refractivity contribution in [2.24, 2.45) is 0 Å². The molecule has 1 heterocycles. The van der Waals surface area contributed by atoms with E-state index >= 15 is 0 Å². The molecule has 1 unspecified atom stereocenters.